The maximum atomic E-state index is 14.0. The number of hydrogen-bond acceptors (Lipinski definition) is 1. The Labute approximate surface area is 138 Å². The van der Waals surface area contributed by atoms with Crippen molar-refractivity contribution in [2.24, 2.45) is 5.41 Å². The van der Waals surface area contributed by atoms with Gasteiger partial charge in [0.15, 0.2) is 11.6 Å². The van der Waals surface area contributed by atoms with E-state index in [2.05, 4.69) is 18.7 Å². The molecular weight excluding hydrogens is 294 g/mol. The van der Waals surface area contributed by atoms with Gasteiger partial charge in [0, 0.05) is 0 Å². The first-order chi connectivity index (χ1) is 11.1. The molecule has 3 heteroatoms. The molecule has 2 rings (SSSR count). The molecule has 0 aliphatic heterocycles. The smallest absolute Gasteiger partial charge is 0.200 e. The summed E-state index contributed by atoms with van der Waals surface area (Å²) in [5, 5.41) is 0. The minimum absolute atomic E-state index is 0.0226. The van der Waals surface area contributed by atoms with Gasteiger partial charge in [-0.3, -0.25) is 0 Å². The molecule has 1 fully saturated rings. The van der Waals surface area contributed by atoms with Crippen LogP contribution in [0.5, 0.6) is 5.75 Å². The molecule has 1 aliphatic rings. The van der Waals surface area contributed by atoms with Crippen molar-refractivity contribution in [1.29, 1.82) is 0 Å². The lowest BCUT2D eigenvalue weighted by molar-refractivity contribution is 0.261. The van der Waals surface area contributed by atoms with Crippen LogP contribution < -0.4 is 4.74 Å². The highest BCUT2D eigenvalue weighted by Crippen LogP contribution is 2.40. The number of ether oxygens (including phenoxy) is 1. The largest absolute Gasteiger partial charge is 0.491 e. The fourth-order valence-corrected chi connectivity index (χ4v) is 3.27. The Hall–Kier alpha value is -1.64. The molecule has 0 amide bonds. The predicted molar refractivity (Wildman–Crippen MR) is 90.7 cm³/mol. The lowest BCUT2D eigenvalue weighted by Crippen LogP contribution is -2.20. The monoisotopic (exact) mass is 320 g/mol. The van der Waals surface area contributed by atoms with E-state index in [1.165, 1.54) is 38.2 Å². The third-order valence-corrected chi connectivity index (χ3v) is 4.74. The van der Waals surface area contributed by atoms with E-state index in [1.54, 1.807) is 13.0 Å². The van der Waals surface area contributed by atoms with Gasteiger partial charge in [-0.25, -0.2) is 4.39 Å². The Morgan fingerprint density at radius 3 is 2.52 bits per heavy atom. The Balaban J connectivity index is 1.97. The summed E-state index contributed by atoms with van der Waals surface area (Å²) in [7, 11) is 0. The predicted octanol–water partition coefficient (Wildman–Crippen LogP) is 5.99. The van der Waals surface area contributed by atoms with Crippen LogP contribution >= 0.6 is 0 Å². The summed E-state index contributed by atoms with van der Waals surface area (Å²) in [5.74, 6) is -1.73. The molecule has 1 aromatic rings. The average molecular weight is 320 g/mol. The Kier molecular flexibility index (Phi) is 6.37. The number of rotatable bonds is 7. The first-order valence-electron chi connectivity index (χ1n) is 8.50. The highest BCUT2D eigenvalue weighted by Gasteiger charge is 2.27. The van der Waals surface area contributed by atoms with Crippen LogP contribution in [0, 0.1) is 17.0 Å². The fraction of sp³-hybridized carbons (Fsp3) is 0.500. The van der Waals surface area contributed by atoms with Gasteiger partial charge in [-0.2, -0.15) is 4.39 Å². The van der Waals surface area contributed by atoms with Crippen LogP contribution in [0.2, 0.25) is 0 Å². The first kappa shape index (κ1) is 17.7. The van der Waals surface area contributed by atoms with E-state index in [1.807, 2.05) is 6.08 Å². The average Bonchev–Trinajstić information content (AvgIpc) is 2.58. The Morgan fingerprint density at radius 1 is 1.13 bits per heavy atom. The summed E-state index contributed by atoms with van der Waals surface area (Å²) in [4.78, 5) is 0. The first-order valence-corrected chi connectivity index (χ1v) is 8.50. The maximum absolute atomic E-state index is 14.0. The van der Waals surface area contributed by atoms with Crippen LogP contribution in [0.1, 0.15) is 51.0 Å². The van der Waals surface area contributed by atoms with E-state index in [9.17, 15) is 8.78 Å². The van der Waals surface area contributed by atoms with Crippen molar-refractivity contribution in [2.45, 2.75) is 51.9 Å². The molecule has 23 heavy (non-hydrogen) atoms. The zero-order chi connectivity index (χ0) is 16.7. The van der Waals surface area contributed by atoms with Crippen molar-refractivity contribution in [3.63, 3.8) is 0 Å². The molecule has 0 aromatic heterocycles. The summed E-state index contributed by atoms with van der Waals surface area (Å²) in [6.07, 6.45) is 13.6. The molecule has 0 heterocycles. The van der Waals surface area contributed by atoms with E-state index in [0.717, 1.165) is 6.42 Å². The van der Waals surface area contributed by atoms with E-state index in [0.29, 0.717) is 18.6 Å². The van der Waals surface area contributed by atoms with Gasteiger partial charge in [0.25, 0.3) is 0 Å². The topological polar surface area (TPSA) is 9.23 Å². The van der Waals surface area contributed by atoms with E-state index in [4.69, 9.17) is 4.74 Å². The van der Waals surface area contributed by atoms with Crippen LogP contribution in [0.3, 0.4) is 0 Å². The van der Waals surface area contributed by atoms with Gasteiger partial charge < -0.3 is 4.74 Å². The third kappa shape index (κ3) is 4.43. The molecule has 0 saturated heterocycles. The van der Waals surface area contributed by atoms with E-state index >= 15 is 0 Å². The highest BCUT2D eigenvalue weighted by molar-refractivity contribution is 5.32. The standard InChI is InChI=1S/C20H26F2O/c1-3-20(13-7-5-8-14-20)15-9-6-10-16-11-12-17(23-4-2)19(22)18(16)21/h3,6,9,11-12H,1,4-5,7-8,10,13-15H2,2H3. The van der Waals surface area contributed by atoms with Crippen molar-refractivity contribution >= 4 is 0 Å². The van der Waals surface area contributed by atoms with Gasteiger partial charge in [0.1, 0.15) is 0 Å². The van der Waals surface area contributed by atoms with Gasteiger partial charge in [0.05, 0.1) is 6.61 Å². The number of benzene rings is 1. The van der Waals surface area contributed by atoms with Gasteiger partial charge in [-0.1, -0.05) is 43.6 Å². The van der Waals surface area contributed by atoms with Crippen molar-refractivity contribution in [2.75, 3.05) is 6.61 Å². The number of allylic oxidation sites excluding steroid dienone is 3. The molecule has 0 spiro atoms. The molecule has 0 atom stereocenters. The summed E-state index contributed by atoms with van der Waals surface area (Å²) in [5.41, 5.74) is 0.552. The van der Waals surface area contributed by atoms with Crippen molar-refractivity contribution in [1.82, 2.24) is 0 Å². The molecule has 1 aliphatic carbocycles. The second kappa shape index (κ2) is 8.28. The molecule has 1 saturated carbocycles. The Morgan fingerprint density at radius 2 is 1.87 bits per heavy atom. The summed E-state index contributed by atoms with van der Waals surface area (Å²) in [6.45, 7) is 6.05. The molecule has 0 radical (unpaired) electrons. The second-order valence-corrected chi connectivity index (χ2v) is 6.29. The minimum atomic E-state index is -0.896. The van der Waals surface area contributed by atoms with Crippen LogP contribution in [-0.4, -0.2) is 6.61 Å². The number of hydrogen-bond donors (Lipinski definition) is 0. The van der Waals surface area contributed by atoms with E-state index in [-0.39, 0.29) is 11.2 Å². The van der Waals surface area contributed by atoms with Gasteiger partial charge in [-0.05, 0) is 49.7 Å². The van der Waals surface area contributed by atoms with Gasteiger partial charge in [-0.15, -0.1) is 6.58 Å². The minimum Gasteiger partial charge on any atom is -0.491 e. The Bertz CT molecular complexity index is 557. The molecule has 0 N–H and O–H groups in total. The zero-order valence-electron chi connectivity index (χ0n) is 13.9. The normalized spacial score (nSPS) is 17.3. The van der Waals surface area contributed by atoms with Crippen LogP contribution in [0.15, 0.2) is 36.9 Å². The molecule has 0 unspecified atom stereocenters. The van der Waals surface area contributed by atoms with Crippen LogP contribution in [0.4, 0.5) is 8.78 Å². The maximum Gasteiger partial charge on any atom is 0.200 e. The quantitative estimate of drug-likeness (QED) is 0.561. The lowest BCUT2D eigenvalue weighted by atomic mass is 9.72. The zero-order valence-corrected chi connectivity index (χ0v) is 13.9. The highest BCUT2D eigenvalue weighted by atomic mass is 19.2. The van der Waals surface area contributed by atoms with E-state index < -0.39 is 11.6 Å². The second-order valence-electron chi connectivity index (χ2n) is 6.29. The van der Waals surface area contributed by atoms with Gasteiger partial charge in [0.2, 0.25) is 5.82 Å². The van der Waals surface area contributed by atoms with Crippen LogP contribution in [0.25, 0.3) is 0 Å². The summed E-state index contributed by atoms with van der Waals surface area (Å²) in [6, 6.07) is 3.09. The van der Waals surface area contributed by atoms with Crippen LogP contribution in [-0.2, 0) is 6.42 Å². The summed E-state index contributed by atoms with van der Waals surface area (Å²) >= 11 is 0. The van der Waals surface area contributed by atoms with Crippen molar-refractivity contribution in [3.05, 3.63) is 54.1 Å². The molecule has 1 nitrogen and oxygen atoms in total. The van der Waals surface area contributed by atoms with Crippen molar-refractivity contribution in [3.8, 4) is 5.75 Å². The SMILES string of the molecule is C=CC1(CC=CCc2ccc(OCC)c(F)c2F)CCCCC1. The molecule has 0 bridgehead atoms. The molecule has 126 valence electrons. The lowest BCUT2D eigenvalue weighted by Gasteiger charge is -2.33. The summed E-state index contributed by atoms with van der Waals surface area (Å²) < 4.78 is 32.9. The van der Waals surface area contributed by atoms with Gasteiger partial charge >= 0.3 is 0 Å². The van der Waals surface area contributed by atoms with Crippen molar-refractivity contribution < 1.29 is 13.5 Å². The fourth-order valence-electron chi connectivity index (χ4n) is 3.27. The number of halogens is 2. The molecule has 1 aromatic carbocycles. The third-order valence-electron chi connectivity index (χ3n) is 4.74. The molecular formula is C20H26F2O.